The van der Waals surface area contributed by atoms with Gasteiger partial charge in [-0.2, -0.15) is 0 Å². The summed E-state index contributed by atoms with van der Waals surface area (Å²) in [6.45, 7) is 10.9. The Balaban J connectivity index is 1.70. The summed E-state index contributed by atoms with van der Waals surface area (Å²) in [5.41, 5.74) is -1.56. The summed E-state index contributed by atoms with van der Waals surface area (Å²) in [5, 5.41) is 34.2. The van der Waals surface area contributed by atoms with Gasteiger partial charge >= 0.3 is 11.9 Å². The Labute approximate surface area is 197 Å². The number of fused-ring (bicyclic) bond motifs is 1. The molecule has 2 aliphatic heterocycles. The minimum absolute atomic E-state index is 0.115. The van der Waals surface area contributed by atoms with Gasteiger partial charge in [-0.3, -0.25) is 9.59 Å². The predicted molar refractivity (Wildman–Crippen MR) is 116 cm³/mol. The van der Waals surface area contributed by atoms with Crippen LogP contribution in [0, 0.1) is 34.5 Å². The Morgan fingerprint density at radius 3 is 2.65 bits per heavy atom. The quantitative estimate of drug-likeness (QED) is 0.396. The van der Waals surface area contributed by atoms with E-state index in [0.29, 0.717) is 12.0 Å². The minimum atomic E-state index is -2.16. The van der Waals surface area contributed by atoms with Crippen molar-refractivity contribution in [2.75, 3.05) is 6.61 Å². The molecular formula is C25H32O9. The van der Waals surface area contributed by atoms with Crippen molar-refractivity contribution in [1.29, 1.82) is 0 Å². The van der Waals surface area contributed by atoms with Crippen molar-refractivity contribution < 1.29 is 43.9 Å². The number of rotatable bonds is 3. The Morgan fingerprint density at radius 1 is 1.32 bits per heavy atom. The van der Waals surface area contributed by atoms with E-state index in [-0.39, 0.29) is 18.6 Å². The first-order valence-electron chi connectivity index (χ1n) is 11.9. The SMILES string of the molecule is C=C1[C@@H]2[C@@H](OC(=O)C(C)CC)C(=O)O[C@@H]3C[C@H]4C(C)=CC(=O)[C@@H](O)[C@]4(C)[C@@H]4C23CO[C@]4(O)[C@@H]1O. The molecule has 3 aliphatic carbocycles. The molecule has 0 aromatic heterocycles. The number of carbonyl (C=O) groups excluding carboxylic acids is 3. The van der Waals surface area contributed by atoms with Gasteiger partial charge in [-0.25, -0.2) is 4.79 Å². The highest BCUT2D eigenvalue weighted by atomic mass is 16.7. The second kappa shape index (κ2) is 7.22. The molecule has 2 bridgehead atoms. The van der Waals surface area contributed by atoms with Crippen LogP contribution in [0.1, 0.15) is 40.5 Å². The first-order valence-corrected chi connectivity index (χ1v) is 11.9. The van der Waals surface area contributed by atoms with Gasteiger partial charge in [0.1, 0.15) is 18.3 Å². The molecule has 2 heterocycles. The average molecular weight is 477 g/mol. The number of ketones is 1. The van der Waals surface area contributed by atoms with Crippen LogP contribution in [0.25, 0.3) is 0 Å². The number of carbonyl (C=O) groups is 3. The molecule has 186 valence electrons. The monoisotopic (exact) mass is 476 g/mol. The van der Waals surface area contributed by atoms with E-state index in [1.54, 1.807) is 20.8 Å². The lowest BCUT2D eigenvalue weighted by atomic mass is 9.38. The van der Waals surface area contributed by atoms with Gasteiger partial charge < -0.3 is 29.5 Å². The van der Waals surface area contributed by atoms with Crippen LogP contribution in [0.3, 0.4) is 0 Å². The summed E-state index contributed by atoms with van der Waals surface area (Å²) in [6, 6.07) is 0. The molecule has 2 unspecified atom stereocenters. The third kappa shape index (κ3) is 2.56. The fourth-order valence-electron chi connectivity index (χ4n) is 7.71. The third-order valence-electron chi connectivity index (χ3n) is 9.48. The molecular weight excluding hydrogens is 444 g/mol. The van der Waals surface area contributed by atoms with Gasteiger partial charge in [0.05, 0.1) is 17.9 Å². The van der Waals surface area contributed by atoms with Crippen LogP contribution in [-0.4, -0.2) is 69.9 Å². The van der Waals surface area contributed by atoms with Crippen LogP contribution in [0.15, 0.2) is 23.8 Å². The molecule has 9 nitrogen and oxygen atoms in total. The van der Waals surface area contributed by atoms with Crippen LogP contribution in [0.4, 0.5) is 0 Å². The number of ether oxygens (including phenoxy) is 3. The van der Waals surface area contributed by atoms with Crippen LogP contribution in [0.2, 0.25) is 0 Å². The van der Waals surface area contributed by atoms with Gasteiger partial charge in [0.2, 0.25) is 6.10 Å². The smallest absolute Gasteiger partial charge is 0.348 e. The number of hydrogen-bond donors (Lipinski definition) is 3. The topological polar surface area (TPSA) is 140 Å². The summed E-state index contributed by atoms with van der Waals surface area (Å²) in [4.78, 5) is 38.6. The van der Waals surface area contributed by atoms with Crippen molar-refractivity contribution in [1.82, 2.24) is 0 Å². The Morgan fingerprint density at radius 2 is 2.00 bits per heavy atom. The molecule has 1 spiro atoms. The summed E-state index contributed by atoms with van der Waals surface area (Å²) >= 11 is 0. The van der Waals surface area contributed by atoms with E-state index in [1.807, 2.05) is 6.92 Å². The normalized spacial score (nSPS) is 50.0. The van der Waals surface area contributed by atoms with E-state index in [2.05, 4.69) is 6.58 Å². The van der Waals surface area contributed by atoms with Gasteiger partial charge in [0.25, 0.3) is 0 Å². The fraction of sp³-hybridized carbons (Fsp3) is 0.720. The lowest BCUT2D eigenvalue weighted by molar-refractivity contribution is -0.311. The Bertz CT molecular complexity index is 1020. The van der Waals surface area contributed by atoms with Crippen molar-refractivity contribution in [2.24, 2.45) is 34.5 Å². The lowest BCUT2D eigenvalue weighted by Crippen LogP contribution is -2.76. The largest absolute Gasteiger partial charge is 0.459 e. The zero-order valence-electron chi connectivity index (χ0n) is 19.8. The second-order valence-corrected chi connectivity index (χ2v) is 11.0. The maximum atomic E-state index is 13.2. The number of hydrogen-bond acceptors (Lipinski definition) is 9. The maximum absolute atomic E-state index is 13.2. The van der Waals surface area contributed by atoms with Crippen molar-refractivity contribution in [3.63, 3.8) is 0 Å². The first-order chi connectivity index (χ1) is 15.8. The van der Waals surface area contributed by atoms with Crippen molar-refractivity contribution in [2.45, 2.75) is 70.7 Å². The molecule has 5 rings (SSSR count). The van der Waals surface area contributed by atoms with E-state index in [4.69, 9.17) is 14.2 Å². The van der Waals surface area contributed by atoms with Gasteiger partial charge in [-0.05, 0) is 37.3 Å². The highest BCUT2D eigenvalue weighted by molar-refractivity contribution is 5.96. The lowest BCUT2D eigenvalue weighted by Gasteiger charge is -2.67. The van der Waals surface area contributed by atoms with E-state index in [1.165, 1.54) is 6.08 Å². The summed E-state index contributed by atoms with van der Waals surface area (Å²) in [7, 11) is 0. The summed E-state index contributed by atoms with van der Waals surface area (Å²) in [5.74, 6) is -6.75. The van der Waals surface area contributed by atoms with E-state index < -0.39 is 82.4 Å². The Hall–Kier alpha value is -2.07. The predicted octanol–water partition coefficient (Wildman–Crippen LogP) is 0.654. The number of allylic oxidation sites excluding steroid dienone is 1. The van der Waals surface area contributed by atoms with Crippen molar-refractivity contribution in [3.05, 3.63) is 23.8 Å². The molecule has 3 N–H and O–H groups in total. The van der Waals surface area contributed by atoms with Crippen LogP contribution >= 0.6 is 0 Å². The van der Waals surface area contributed by atoms with E-state index in [9.17, 15) is 29.7 Å². The fourth-order valence-corrected chi connectivity index (χ4v) is 7.71. The van der Waals surface area contributed by atoms with Crippen molar-refractivity contribution >= 4 is 17.7 Å². The Kier molecular flexibility index (Phi) is 5.03. The molecule has 34 heavy (non-hydrogen) atoms. The van der Waals surface area contributed by atoms with E-state index in [0.717, 1.165) is 0 Å². The molecule has 9 heteroatoms. The number of aliphatic hydroxyl groups is 3. The molecule has 0 amide bonds. The molecule has 4 fully saturated rings. The highest BCUT2D eigenvalue weighted by Gasteiger charge is 2.83. The molecule has 0 aromatic rings. The molecule has 2 saturated carbocycles. The molecule has 11 atom stereocenters. The van der Waals surface area contributed by atoms with Crippen molar-refractivity contribution in [3.8, 4) is 0 Å². The molecule has 0 radical (unpaired) electrons. The van der Waals surface area contributed by atoms with E-state index >= 15 is 0 Å². The standard InChI is InChI=1S/C25H32O9/c1-6-10(2)20(29)34-17-16-12(4)18(27)25(31)22-23(5)13(11(3)7-14(26)19(23)28)8-15(33-21(17)30)24(16,22)9-32-25/h7,10,13,15-19,22,27-28,31H,4,6,8-9H2,1-3,5H3/t10?,13-,15+,16+,17+,18+,19+,22+,23+,24?,25+/m0/s1. The van der Waals surface area contributed by atoms with Crippen LogP contribution < -0.4 is 0 Å². The summed E-state index contributed by atoms with van der Waals surface area (Å²) < 4.78 is 17.4. The first kappa shape index (κ1) is 23.7. The van der Waals surface area contributed by atoms with Crippen LogP contribution in [0.5, 0.6) is 0 Å². The second-order valence-electron chi connectivity index (χ2n) is 11.0. The van der Waals surface area contributed by atoms with Gasteiger partial charge in [-0.15, -0.1) is 0 Å². The van der Waals surface area contributed by atoms with Crippen LogP contribution in [-0.2, 0) is 28.6 Å². The average Bonchev–Trinajstić information content (AvgIpc) is 3.08. The number of aliphatic hydroxyl groups excluding tert-OH is 2. The van der Waals surface area contributed by atoms with Gasteiger partial charge in [0.15, 0.2) is 11.6 Å². The molecule has 0 aromatic carbocycles. The molecule has 5 aliphatic rings. The third-order valence-corrected chi connectivity index (χ3v) is 9.48. The number of esters is 2. The zero-order valence-corrected chi connectivity index (χ0v) is 19.8. The molecule has 2 saturated heterocycles. The summed E-state index contributed by atoms with van der Waals surface area (Å²) in [6.07, 6.45) is -3.05. The minimum Gasteiger partial charge on any atom is -0.459 e. The van der Waals surface area contributed by atoms with Gasteiger partial charge in [0, 0.05) is 17.3 Å². The highest BCUT2D eigenvalue weighted by Crippen LogP contribution is 2.73. The maximum Gasteiger partial charge on any atom is 0.348 e. The van der Waals surface area contributed by atoms with Gasteiger partial charge in [-0.1, -0.05) is 32.9 Å². The zero-order chi connectivity index (χ0) is 25.0.